The van der Waals surface area contributed by atoms with Crippen molar-refractivity contribution in [1.29, 1.82) is 0 Å². The van der Waals surface area contributed by atoms with Gasteiger partial charge in [-0.3, -0.25) is 9.00 Å². The molecule has 0 saturated carbocycles. The van der Waals surface area contributed by atoms with Crippen LogP contribution in [0.15, 0.2) is 51.8 Å². The van der Waals surface area contributed by atoms with Crippen LogP contribution in [0.4, 0.5) is 5.69 Å². The van der Waals surface area contributed by atoms with Crippen molar-refractivity contribution >= 4 is 38.3 Å². The van der Waals surface area contributed by atoms with Crippen LogP contribution in [-0.2, 0) is 16.6 Å². The fourth-order valence-electron chi connectivity index (χ4n) is 1.83. The summed E-state index contributed by atoms with van der Waals surface area (Å²) in [5.41, 5.74) is 12.7. The molecule has 4 nitrogen and oxygen atoms in total. The largest absolute Gasteiger partial charge is 0.398 e. The summed E-state index contributed by atoms with van der Waals surface area (Å²) in [5, 5.41) is 0. The third-order valence-electron chi connectivity index (χ3n) is 2.79. The number of nitrogens with two attached hydrogens (primary N) is 2. The van der Waals surface area contributed by atoms with E-state index in [9.17, 15) is 9.00 Å². The molecule has 4 N–H and O–H groups in total. The second-order valence-corrected chi connectivity index (χ2v) is 6.53. The Balaban J connectivity index is 2.30. The van der Waals surface area contributed by atoms with Crippen molar-refractivity contribution in [2.45, 2.75) is 10.6 Å². The van der Waals surface area contributed by atoms with E-state index in [1.165, 1.54) is 0 Å². The Morgan fingerprint density at radius 3 is 2.55 bits per heavy atom. The fourth-order valence-corrected chi connectivity index (χ4v) is 3.44. The number of primary amides is 1. The molecule has 2 aromatic carbocycles. The molecule has 2 aromatic rings. The first-order chi connectivity index (χ1) is 9.49. The van der Waals surface area contributed by atoms with E-state index in [4.69, 9.17) is 11.5 Å². The van der Waals surface area contributed by atoms with Gasteiger partial charge in [-0.05, 0) is 29.8 Å². The van der Waals surface area contributed by atoms with Gasteiger partial charge in [0.2, 0.25) is 5.91 Å². The van der Waals surface area contributed by atoms with Gasteiger partial charge in [0.1, 0.15) is 0 Å². The minimum Gasteiger partial charge on any atom is -0.398 e. The van der Waals surface area contributed by atoms with Crippen molar-refractivity contribution in [2.24, 2.45) is 5.73 Å². The Labute approximate surface area is 127 Å². The van der Waals surface area contributed by atoms with Crippen molar-refractivity contribution < 1.29 is 9.00 Å². The predicted octanol–water partition coefficient (Wildman–Crippen LogP) is 2.44. The summed E-state index contributed by atoms with van der Waals surface area (Å²) in [5.74, 6) is -0.327. The summed E-state index contributed by atoms with van der Waals surface area (Å²) in [6.45, 7) is 0. The van der Waals surface area contributed by atoms with Gasteiger partial charge < -0.3 is 11.5 Å². The van der Waals surface area contributed by atoms with Gasteiger partial charge in [-0.2, -0.15) is 0 Å². The second kappa shape index (κ2) is 6.19. The molecule has 0 aliphatic carbocycles. The lowest BCUT2D eigenvalue weighted by Crippen LogP contribution is -2.14. The molecule has 0 heterocycles. The van der Waals surface area contributed by atoms with Gasteiger partial charge in [-0.1, -0.05) is 34.1 Å². The molecule has 0 fully saturated rings. The third kappa shape index (κ3) is 3.26. The van der Waals surface area contributed by atoms with Gasteiger partial charge in [-0.25, -0.2) is 0 Å². The average molecular weight is 353 g/mol. The Hall–Kier alpha value is -1.66. The van der Waals surface area contributed by atoms with Gasteiger partial charge >= 0.3 is 0 Å². The van der Waals surface area contributed by atoms with E-state index in [2.05, 4.69) is 15.9 Å². The predicted molar refractivity (Wildman–Crippen MR) is 83.6 cm³/mol. The van der Waals surface area contributed by atoms with E-state index in [0.29, 0.717) is 21.7 Å². The molecular weight excluding hydrogens is 340 g/mol. The van der Waals surface area contributed by atoms with Crippen molar-refractivity contribution in [2.75, 3.05) is 5.73 Å². The summed E-state index contributed by atoms with van der Waals surface area (Å²) in [7, 11) is -1.33. The monoisotopic (exact) mass is 352 g/mol. The molecule has 0 radical (unpaired) electrons. The van der Waals surface area contributed by atoms with E-state index < -0.39 is 16.7 Å². The van der Waals surface area contributed by atoms with Crippen LogP contribution in [0.25, 0.3) is 0 Å². The van der Waals surface area contributed by atoms with Crippen LogP contribution in [-0.4, -0.2) is 10.1 Å². The van der Waals surface area contributed by atoms with Gasteiger partial charge in [0.15, 0.2) is 0 Å². The number of carbonyl (C=O) groups is 1. The minimum atomic E-state index is -1.33. The number of amides is 1. The highest BCUT2D eigenvalue weighted by Crippen LogP contribution is 2.24. The molecule has 0 aliphatic rings. The van der Waals surface area contributed by atoms with Crippen LogP contribution in [0.2, 0.25) is 0 Å². The number of hydrogen-bond donors (Lipinski definition) is 2. The van der Waals surface area contributed by atoms with E-state index in [1.807, 2.05) is 0 Å². The first-order valence-corrected chi connectivity index (χ1v) is 7.91. The molecule has 2 rings (SSSR count). The van der Waals surface area contributed by atoms with Gasteiger partial charge in [0.25, 0.3) is 0 Å². The Kier molecular flexibility index (Phi) is 4.57. The van der Waals surface area contributed by atoms with Crippen LogP contribution >= 0.6 is 15.9 Å². The molecule has 0 saturated heterocycles. The molecule has 0 spiro atoms. The van der Waals surface area contributed by atoms with Gasteiger partial charge in [0.05, 0.1) is 21.4 Å². The highest BCUT2D eigenvalue weighted by molar-refractivity contribution is 9.10. The number of nitrogen functional groups attached to an aromatic ring is 1. The molecule has 1 amide bonds. The summed E-state index contributed by atoms with van der Waals surface area (Å²) >= 11 is 3.30. The Morgan fingerprint density at radius 1 is 1.20 bits per heavy atom. The lowest BCUT2D eigenvalue weighted by Gasteiger charge is -2.09. The molecule has 6 heteroatoms. The second-order valence-electron chi connectivity index (χ2n) is 4.19. The lowest BCUT2D eigenvalue weighted by atomic mass is 10.1. The smallest absolute Gasteiger partial charge is 0.249 e. The minimum absolute atomic E-state index is 0.199. The van der Waals surface area contributed by atoms with Crippen LogP contribution < -0.4 is 11.5 Å². The number of hydrogen-bond acceptors (Lipinski definition) is 3. The summed E-state index contributed by atoms with van der Waals surface area (Å²) < 4.78 is 13.2. The Bertz CT molecular complexity index is 689. The molecule has 1 atom stereocenters. The SMILES string of the molecule is NC(=O)c1ccccc1CS(=O)c1ccc(Br)cc1N. The van der Waals surface area contributed by atoms with Crippen molar-refractivity contribution in [1.82, 2.24) is 0 Å². The maximum absolute atomic E-state index is 12.4. The van der Waals surface area contributed by atoms with E-state index in [1.54, 1.807) is 42.5 Å². The molecule has 1 unspecified atom stereocenters. The Morgan fingerprint density at radius 2 is 1.90 bits per heavy atom. The first kappa shape index (κ1) is 14.7. The number of anilines is 1. The zero-order valence-corrected chi connectivity index (χ0v) is 12.9. The standard InChI is InChI=1S/C14H13BrN2O2S/c15-10-5-6-13(12(16)7-10)20(19)8-9-3-1-2-4-11(9)14(17)18/h1-7H,8,16H2,(H2,17,18). The van der Waals surface area contributed by atoms with Gasteiger partial charge in [0, 0.05) is 15.7 Å². The summed E-state index contributed by atoms with van der Waals surface area (Å²) in [4.78, 5) is 11.9. The highest BCUT2D eigenvalue weighted by Gasteiger charge is 2.13. The molecule has 0 bridgehead atoms. The lowest BCUT2D eigenvalue weighted by molar-refractivity contribution is 0.0999. The number of carbonyl (C=O) groups excluding carboxylic acids is 1. The van der Waals surface area contributed by atoms with Crippen molar-refractivity contribution in [3.63, 3.8) is 0 Å². The van der Waals surface area contributed by atoms with Gasteiger partial charge in [-0.15, -0.1) is 0 Å². The highest BCUT2D eigenvalue weighted by atomic mass is 79.9. The first-order valence-electron chi connectivity index (χ1n) is 5.80. The molecule has 0 aromatic heterocycles. The van der Waals surface area contributed by atoms with Crippen LogP contribution in [0, 0.1) is 0 Å². The molecule has 104 valence electrons. The number of halogens is 1. The topological polar surface area (TPSA) is 86.2 Å². The van der Waals surface area contributed by atoms with Crippen LogP contribution in [0.5, 0.6) is 0 Å². The zero-order chi connectivity index (χ0) is 14.7. The maximum Gasteiger partial charge on any atom is 0.249 e. The third-order valence-corrected chi connectivity index (χ3v) is 4.72. The van der Waals surface area contributed by atoms with E-state index in [-0.39, 0.29) is 5.75 Å². The maximum atomic E-state index is 12.4. The van der Waals surface area contributed by atoms with E-state index >= 15 is 0 Å². The van der Waals surface area contributed by atoms with Crippen LogP contribution in [0.3, 0.4) is 0 Å². The van der Waals surface area contributed by atoms with E-state index in [0.717, 1.165) is 4.47 Å². The van der Waals surface area contributed by atoms with Crippen molar-refractivity contribution in [3.8, 4) is 0 Å². The number of rotatable bonds is 4. The van der Waals surface area contributed by atoms with Crippen LogP contribution in [0.1, 0.15) is 15.9 Å². The molecular formula is C14H13BrN2O2S. The summed E-state index contributed by atoms with van der Waals surface area (Å²) in [6.07, 6.45) is 0. The van der Waals surface area contributed by atoms with Crippen molar-refractivity contribution in [3.05, 3.63) is 58.1 Å². The summed E-state index contributed by atoms with van der Waals surface area (Å²) in [6, 6.07) is 12.1. The number of benzene rings is 2. The quantitative estimate of drug-likeness (QED) is 0.828. The fraction of sp³-hybridized carbons (Fsp3) is 0.0714. The zero-order valence-electron chi connectivity index (χ0n) is 10.5. The molecule has 0 aliphatic heterocycles. The normalized spacial score (nSPS) is 12.1. The molecule has 20 heavy (non-hydrogen) atoms. The average Bonchev–Trinajstić information content (AvgIpc) is 2.38.